The number of nitrogens with two attached hydrogens (primary N) is 1. The first kappa shape index (κ1) is 8.83. The summed E-state index contributed by atoms with van der Waals surface area (Å²) < 4.78 is 1.87. The van der Waals surface area contributed by atoms with Gasteiger partial charge in [0.25, 0.3) is 0 Å². The zero-order valence-electron chi connectivity index (χ0n) is 7.83. The number of aryl methyl sites for hydroxylation is 1. The van der Waals surface area contributed by atoms with Crippen LogP contribution in [0, 0.1) is 0 Å². The van der Waals surface area contributed by atoms with E-state index in [2.05, 4.69) is 15.0 Å². The van der Waals surface area contributed by atoms with Crippen molar-refractivity contribution >= 4 is 0 Å². The van der Waals surface area contributed by atoms with Gasteiger partial charge in [-0.15, -0.1) is 0 Å². The predicted molar refractivity (Wildman–Crippen MR) is 51.3 cm³/mol. The van der Waals surface area contributed by atoms with Crippen LogP contribution in [0.15, 0.2) is 31.1 Å². The molecule has 0 spiro atoms. The maximum absolute atomic E-state index is 6.00. The molecule has 0 aliphatic rings. The number of hydrogen-bond donors (Lipinski definition) is 1. The van der Waals surface area contributed by atoms with Crippen molar-refractivity contribution in [2.45, 2.75) is 6.04 Å². The maximum atomic E-state index is 6.00. The Bertz CT molecular complexity index is 408. The van der Waals surface area contributed by atoms with Gasteiger partial charge in [-0.2, -0.15) is 0 Å². The molecule has 5 nitrogen and oxygen atoms in total. The zero-order valence-corrected chi connectivity index (χ0v) is 7.83. The topological polar surface area (TPSA) is 69.6 Å². The molecule has 1 unspecified atom stereocenters. The van der Waals surface area contributed by atoms with E-state index in [1.807, 2.05) is 11.6 Å². The first-order valence-electron chi connectivity index (χ1n) is 4.26. The number of imidazole rings is 1. The summed E-state index contributed by atoms with van der Waals surface area (Å²) in [5, 5.41) is 0. The van der Waals surface area contributed by atoms with E-state index in [4.69, 9.17) is 5.73 Å². The van der Waals surface area contributed by atoms with E-state index in [0.717, 1.165) is 11.4 Å². The fourth-order valence-corrected chi connectivity index (χ4v) is 1.29. The van der Waals surface area contributed by atoms with Crippen molar-refractivity contribution in [1.29, 1.82) is 0 Å². The lowest BCUT2D eigenvalue weighted by Gasteiger charge is -2.10. The molecule has 0 amide bonds. The van der Waals surface area contributed by atoms with Crippen LogP contribution in [-0.4, -0.2) is 19.5 Å². The number of hydrogen-bond acceptors (Lipinski definition) is 4. The Morgan fingerprint density at radius 3 is 2.71 bits per heavy atom. The summed E-state index contributed by atoms with van der Waals surface area (Å²) in [6.07, 6.45) is 8.37. The van der Waals surface area contributed by atoms with Gasteiger partial charge in [0.15, 0.2) is 0 Å². The minimum absolute atomic E-state index is 0.267. The van der Waals surface area contributed by atoms with Crippen LogP contribution in [0.25, 0.3) is 0 Å². The lowest BCUT2D eigenvalue weighted by molar-refractivity contribution is 0.723. The molecule has 0 aliphatic carbocycles. The molecular formula is C9H11N5. The summed E-state index contributed by atoms with van der Waals surface area (Å²) in [4.78, 5) is 12.1. The van der Waals surface area contributed by atoms with E-state index < -0.39 is 0 Å². The average Bonchev–Trinajstić information content (AvgIpc) is 2.65. The van der Waals surface area contributed by atoms with E-state index in [9.17, 15) is 0 Å². The molecule has 5 heteroatoms. The monoisotopic (exact) mass is 189 g/mol. The van der Waals surface area contributed by atoms with Crippen LogP contribution in [0.5, 0.6) is 0 Å². The number of rotatable bonds is 2. The Kier molecular flexibility index (Phi) is 2.24. The van der Waals surface area contributed by atoms with Crippen LogP contribution >= 0.6 is 0 Å². The predicted octanol–water partition coefficient (Wildman–Crippen LogP) is 0.258. The highest BCUT2D eigenvalue weighted by molar-refractivity contribution is 5.17. The van der Waals surface area contributed by atoms with Crippen LogP contribution in [0.4, 0.5) is 0 Å². The Balaban J connectivity index is 2.34. The van der Waals surface area contributed by atoms with E-state index in [0.29, 0.717) is 0 Å². The van der Waals surface area contributed by atoms with Crippen molar-refractivity contribution in [3.05, 3.63) is 42.5 Å². The van der Waals surface area contributed by atoms with Crippen molar-refractivity contribution in [2.75, 3.05) is 0 Å². The average molecular weight is 189 g/mol. The van der Waals surface area contributed by atoms with E-state index in [1.54, 1.807) is 31.1 Å². The van der Waals surface area contributed by atoms with Gasteiger partial charge in [-0.25, -0.2) is 4.98 Å². The van der Waals surface area contributed by atoms with Gasteiger partial charge in [0.2, 0.25) is 0 Å². The van der Waals surface area contributed by atoms with Crippen LogP contribution in [-0.2, 0) is 7.05 Å². The molecule has 2 rings (SSSR count). The smallest absolute Gasteiger partial charge is 0.0946 e. The quantitative estimate of drug-likeness (QED) is 0.735. The second-order valence-corrected chi connectivity index (χ2v) is 3.04. The standard InChI is InChI=1S/C9H11N5/c1-14-6-12-5-8(14)9(10)7-4-11-2-3-13-7/h2-6,9H,10H2,1H3. The van der Waals surface area contributed by atoms with Gasteiger partial charge in [0.1, 0.15) is 0 Å². The molecule has 0 aliphatic heterocycles. The normalized spacial score (nSPS) is 12.7. The van der Waals surface area contributed by atoms with Crippen molar-refractivity contribution in [2.24, 2.45) is 12.8 Å². The lowest BCUT2D eigenvalue weighted by atomic mass is 10.2. The second kappa shape index (κ2) is 3.55. The molecule has 2 heterocycles. The Labute approximate surface area is 81.6 Å². The largest absolute Gasteiger partial charge is 0.336 e. The molecule has 0 fully saturated rings. The summed E-state index contributed by atoms with van der Waals surface area (Å²) in [6, 6.07) is -0.267. The highest BCUT2D eigenvalue weighted by Crippen LogP contribution is 2.14. The third-order valence-electron chi connectivity index (χ3n) is 2.07. The molecule has 0 saturated carbocycles. The Morgan fingerprint density at radius 1 is 1.29 bits per heavy atom. The van der Waals surface area contributed by atoms with Gasteiger partial charge in [0.05, 0.1) is 36.2 Å². The molecule has 1 atom stereocenters. The summed E-state index contributed by atoms with van der Waals surface area (Å²) in [5.41, 5.74) is 7.67. The molecule has 2 aromatic rings. The Hall–Kier alpha value is -1.75. The molecule has 72 valence electrons. The summed E-state index contributed by atoms with van der Waals surface area (Å²) in [7, 11) is 1.90. The molecule has 2 aromatic heterocycles. The van der Waals surface area contributed by atoms with E-state index >= 15 is 0 Å². The summed E-state index contributed by atoms with van der Waals surface area (Å²) in [5.74, 6) is 0. The first-order chi connectivity index (χ1) is 6.79. The number of nitrogens with zero attached hydrogens (tertiary/aromatic N) is 4. The minimum Gasteiger partial charge on any atom is -0.336 e. The Morgan fingerprint density at radius 2 is 2.14 bits per heavy atom. The van der Waals surface area contributed by atoms with Gasteiger partial charge in [-0.1, -0.05) is 0 Å². The fourth-order valence-electron chi connectivity index (χ4n) is 1.29. The van der Waals surface area contributed by atoms with Gasteiger partial charge >= 0.3 is 0 Å². The van der Waals surface area contributed by atoms with Crippen LogP contribution in [0.1, 0.15) is 17.4 Å². The van der Waals surface area contributed by atoms with E-state index in [1.165, 1.54) is 0 Å². The molecule has 0 bridgehead atoms. The van der Waals surface area contributed by atoms with Crippen molar-refractivity contribution in [1.82, 2.24) is 19.5 Å². The molecule has 14 heavy (non-hydrogen) atoms. The van der Waals surface area contributed by atoms with Crippen molar-refractivity contribution in [3.8, 4) is 0 Å². The van der Waals surface area contributed by atoms with Crippen LogP contribution in [0.3, 0.4) is 0 Å². The third kappa shape index (κ3) is 1.49. The molecule has 0 saturated heterocycles. The molecule has 0 radical (unpaired) electrons. The van der Waals surface area contributed by atoms with Crippen molar-refractivity contribution < 1.29 is 0 Å². The van der Waals surface area contributed by atoms with Gasteiger partial charge in [-0.05, 0) is 0 Å². The third-order valence-corrected chi connectivity index (χ3v) is 2.07. The lowest BCUT2D eigenvalue weighted by Crippen LogP contribution is -2.16. The molecule has 0 aromatic carbocycles. The fraction of sp³-hybridized carbons (Fsp3) is 0.222. The molecular weight excluding hydrogens is 178 g/mol. The SMILES string of the molecule is Cn1cncc1C(N)c1cnccn1. The van der Waals surface area contributed by atoms with Crippen LogP contribution in [0.2, 0.25) is 0 Å². The van der Waals surface area contributed by atoms with Crippen LogP contribution < -0.4 is 5.73 Å². The molecule has 2 N–H and O–H groups in total. The number of aromatic nitrogens is 4. The minimum atomic E-state index is -0.267. The first-order valence-corrected chi connectivity index (χ1v) is 4.26. The second-order valence-electron chi connectivity index (χ2n) is 3.04. The highest BCUT2D eigenvalue weighted by atomic mass is 15.0. The van der Waals surface area contributed by atoms with E-state index in [-0.39, 0.29) is 6.04 Å². The highest BCUT2D eigenvalue weighted by Gasteiger charge is 2.12. The summed E-state index contributed by atoms with van der Waals surface area (Å²) >= 11 is 0. The van der Waals surface area contributed by atoms with Gasteiger partial charge in [-0.3, -0.25) is 9.97 Å². The van der Waals surface area contributed by atoms with Gasteiger partial charge in [0, 0.05) is 19.4 Å². The maximum Gasteiger partial charge on any atom is 0.0946 e. The van der Waals surface area contributed by atoms with Gasteiger partial charge < -0.3 is 10.3 Å². The summed E-state index contributed by atoms with van der Waals surface area (Å²) in [6.45, 7) is 0. The zero-order chi connectivity index (χ0) is 9.97. The van der Waals surface area contributed by atoms with Crippen molar-refractivity contribution in [3.63, 3.8) is 0 Å².